The van der Waals surface area contributed by atoms with Gasteiger partial charge in [0.25, 0.3) is 0 Å². The van der Waals surface area contributed by atoms with E-state index < -0.39 is 10.0 Å². The van der Waals surface area contributed by atoms with Crippen molar-refractivity contribution in [2.75, 3.05) is 20.1 Å². The maximum absolute atomic E-state index is 11.3. The molecule has 144 valence electrons. The highest BCUT2D eigenvalue weighted by Gasteiger charge is 2.30. The molecule has 1 atom stereocenters. The minimum Gasteiger partial charge on any atom is -0.352 e. The third-order valence-corrected chi connectivity index (χ3v) is 6.27. The molecule has 2 aliphatic rings. The number of nitrogens with two attached hydrogens (primary N) is 1. The lowest BCUT2D eigenvalue weighted by Gasteiger charge is -2.24. The highest BCUT2D eigenvalue weighted by atomic mass is 32.2. The molecular formula is C18H29N5O2S. The number of hydrogen-bond acceptors (Lipinski definition) is 4. The molecule has 0 amide bonds. The summed E-state index contributed by atoms with van der Waals surface area (Å²) >= 11 is 0. The van der Waals surface area contributed by atoms with Gasteiger partial charge in [0, 0.05) is 38.8 Å². The summed E-state index contributed by atoms with van der Waals surface area (Å²) in [7, 11) is -1.88. The van der Waals surface area contributed by atoms with Crippen LogP contribution in [0, 0.1) is 0 Å². The second-order valence-corrected chi connectivity index (χ2v) is 8.74. The molecule has 4 N–H and O–H groups in total. The maximum atomic E-state index is 11.3. The molecule has 1 saturated carbocycles. The minimum atomic E-state index is -3.64. The molecule has 1 unspecified atom stereocenters. The molecule has 26 heavy (non-hydrogen) atoms. The molecule has 3 rings (SSSR count). The lowest BCUT2D eigenvalue weighted by molar-refractivity contribution is 0.242. The van der Waals surface area contributed by atoms with E-state index in [1.165, 1.54) is 37.8 Å². The van der Waals surface area contributed by atoms with Crippen LogP contribution in [-0.2, 0) is 16.6 Å². The third-order valence-electron chi connectivity index (χ3n) is 5.34. The zero-order chi connectivity index (χ0) is 18.6. The number of rotatable bonds is 5. The van der Waals surface area contributed by atoms with E-state index in [1.807, 2.05) is 0 Å². The topological polar surface area (TPSA) is 99.8 Å². The van der Waals surface area contributed by atoms with E-state index in [2.05, 4.69) is 20.5 Å². The van der Waals surface area contributed by atoms with Crippen molar-refractivity contribution in [2.45, 2.75) is 55.6 Å². The van der Waals surface area contributed by atoms with Gasteiger partial charge in [-0.05, 0) is 37.0 Å². The van der Waals surface area contributed by atoms with E-state index in [4.69, 9.17) is 5.14 Å². The SMILES string of the molecule is CN=C(NCc1ccc(S(N)(=O)=O)cc1)NC1CCN(C2CCCC2)C1. The Morgan fingerprint density at radius 1 is 1.23 bits per heavy atom. The van der Waals surface area contributed by atoms with Crippen LogP contribution in [0.1, 0.15) is 37.7 Å². The minimum absolute atomic E-state index is 0.127. The summed E-state index contributed by atoms with van der Waals surface area (Å²) < 4.78 is 22.6. The molecule has 1 aromatic carbocycles. The van der Waals surface area contributed by atoms with Gasteiger partial charge in [-0.2, -0.15) is 0 Å². The number of guanidine groups is 1. The van der Waals surface area contributed by atoms with E-state index in [9.17, 15) is 8.42 Å². The molecule has 1 aromatic rings. The largest absolute Gasteiger partial charge is 0.352 e. The van der Waals surface area contributed by atoms with Gasteiger partial charge in [-0.15, -0.1) is 0 Å². The van der Waals surface area contributed by atoms with Gasteiger partial charge in [-0.1, -0.05) is 25.0 Å². The summed E-state index contributed by atoms with van der Waals surface area (Å²) in [6, 6.07) is 7.77. The zero-order valence-electron chi connectivity index (χ0n) is 15.3. The van der Waals surface area contributed by atoms with Crippen LogP contribution in [0.25, 0.3) is 0 Å². The van der Waals surface area contributed by atoms with Crippen molar-refractivity contribution in [3.63, 3.8) is 0 Å². The second kappa shape index (κ2) is 8.37. The standard InChI is InChI=1S/C18H29N5O2S/c1-20-18(21-12-14-6-8-17(9-7-14)26(19,24)25)22-15-10-11-23(13-15)16-4-2-3-5-16/h6-9,15-16H,2-5,10-13H2,1H3,(H2,19,24,25)(H2,20,21,22). The smallest absolute Gasteiger partial charge is 0.238 e. The third kappa shape index (κ3) is 4.96. The van der Waals surface area contributed by atoms with Crippen LogP contribution in [0.5, 0.6) is 0 Å². The summed E-state index contributed by atoms with van der Waals surface area (Å²) in [5.74, 6) is 0.777. The molecule has 1 aliphatic heterocycles. The Kier molecular flexibility index (Phi) is 6.16. The molecule has 0 radical (unpaired) electrons. The number of likely N-dealkylation sites (tertiary alicyclic amines) is 1. The van der Waals surface area contributed by atoms with Crippen molar-refractivity contribution in [1.29, 1.82) is 0 Å². The fraction of sp³-hybridized carbons (Fsp3) is 0.611. The van der Waals surface area contributed by atoms with Crippen LogP contribution in [0.2, 0.25) is 0 Å². The van der Waals surface area contributed by atoms with Crippen molar-refractivity contribution in [1.82, 2.24) is 15.5 Å². The van der Waals surface area contributed by atoms with E-state index >= 15 is 0 Å². The average molecular weight is 380 g/mol. The zero-order valence-corrected chi connectivity index (χ0v) is 16.1. The van der Waals surface area contributed by atoms with Gasteiger partial charge in [0.2, 0.25) is 10.0 Å². The van der Waals surface area contributed by atoms with Gasteiger partial charge in [-0.25, -0.2) is 13.6 Å². The first-order valence-electron chi connectivity index (χ1n) is 9.28. The second-order valence-electron chi connectivity index (χ2n) is 7.18. The summed E-state index contributed by atoms with van der Waals surface area (Å²) in [5, 5.41) is 11.9. The molecule has 8 heteroatoms. The number of nitrogens with one attached hydrogen (secondary N) is 2. The predicted molar refractivity (Wildman–Crippen MR) is 103 cm³/mol. The fourth-order valence-electron chi connectivity index (χ4n) is 3.88. The lowest BCUT2D eigenvalue weighted by atomic mass is 10.2. The summed E-state index contributed by atoms with van der Waals surface area (Å²) in [5.41, 5.74) is 0.972. The molecule has 1 aliphatic carbocycles. The van der Waals surface area contributed by atoms with Gasteiger partial charge in [0.05, 0.1) is 4.90 Å². The van der Waals surface area contributed by atoms with Gasteiger partial charge >= 0.3 is 0 Å². The predicted octanol–water partition coefficient (Wildman–Crippen LogP) is 1.02. The highest BCUT2D eigenvalue weighted by molar-refractivity contribution is 7.89. The first-order valence-corrected chi connectivity index (χ1v) is 10.8. The van der Waals surface area contributed by atoms with Crippen molar-refractivity contribution in [2.24, 2.45) is 10.1 Å². The van der Waals surface area contributed by atoms with Crippen LogP contribution in [-0.4, -0.2) is 51.5 Å². The highest BCUT2D eigenvalue weighted by Crippen LogP contribution is 2.26. The maximum Gasteiger partial charge on any atom is 0.238 e. The summed E-state index contributed by atoms with van der Waals surface area (Å²) in [4.78, 5) is 7.05. The van der Waals surface area contributed by atoms with E-state index in [0.717, 1.165) is 37.1 Å². The Morgan fingerprint density at radius 3 is 2.54 bits per heavy atom. The summed E-state index contributed by atoms with van der Waals surface area (Å²) in [6.07, 6.45) is 6.56. The molecule has 0 bridgehead atoms. The average Bonchev–Trinajstić information content (AvgIpc) is 3.29. The fourth-order valence-corrected chi connectivity index (χ4v) is 4.39. The molecule has 1 saturated heterocycles. The Hall–Kier alpha value is -1.64. The van der Waals surface area contributed by atoms with Crippen LogP contribution >= 0.6 is 0 Å². The number of aliphatic imine (C=N–C) groups is 1. The van der Waals surface area contributed by atoms with Crippen LogP contribution < -0.4 is 15.8 Å². The lowest BCUT2D eigenvalue weighted by Crippen LogP contribution is -2.45. The normalized spacial score (nSPS) is 22.7. The number of hydrogen-bond donors (Lipinski definition) is 3. The first kappa shape index (κ1) is 19.1. The molecule has 2 fully saturated rings. The number of sulfonamides is 1. The quantitative estimate of drug-likeness (QED) is 0.524. The van der Waals surface area contributed by atoms with Crippen LogP contribution in [0.4, 0.5) is 0 Å². The van der Waals surface area contributed by atoms with E-state index in [-0.39, 0.29) is 4.90 Å². The van der Waals surface area contributed by atoms with Crippen LogP contribution in [0.3, 0.4) is 0 Å². The molecule has 0 spiro atoms. The van der Waals surface area contributed by atoms with Crippen molar-refractivity contribution >= 4 is 16.0 Å². The number of primary sulfonamides is 1. The molecule has 0 aromatic heterocycles. The van der Waals surface area contributed by atoms with Crippen molar-refractivity contribution in [3.05, 3.63) is 29.8 Å². The number of nitrogens with zero attached hydrogens (tertiary/aromatic N) is 2. The van der Waals surface area contributed by atoms with Gasteiger partial charge in [0.15, 0.2) is 5.96 Å². The molecule has 1 heterocycles. The monoisotopic (exact) mass is 379 g/mol. The van der Waals surface area contributed by atoms with Crippen molar-refractivity contribution < 1.29 is 8.42 Å². The van der Waals surface area contributed by atoms with E-state index in [1.54, 1.807) is 19.2 Å². The molecule has 7 nitrogen and oxygen atoms in total. The first-order chi connectivity index (χ1) is 12.5. The Labute approximate surface area is 156 Å². The van der Waals surface area contributed by atoms with E-state index in [0.29, 0.717) is 12.6 Å². The number of benzene rings is 1. The Morgan fingerprint density at radius 2 is 1.92 bits per heavy atom. The Bertz CT molecular complexity index is 726. The van der Waals surface area contributed by atoms with Crippen LogP contribution in [0.15, 0.2) is 34.2 Å². The van der Waals surface area contributed by atoms with Gasteiger partial charge < -0.3 is 10.6 Å². The molecular weight excluding hydrogens is 350 g/mol. The van der Waals surface area contributed by atoms with Crippen molar-refractivity contribution in [3.8, 4) is 0 Å². The Balaban J connectivity index is 1.48. The summed E-state index contributed by atoms with van der Waals surface area (Å²) in [6.45, 7) is 2.81. The van der Waals surface area contributed by atoms with Gasteiger partial charge in [-0.3, -0.25) is 9.89 Å². The van der Waals surface area contributed by atoms with Gasteiger partial charge in [0.1, 0.15) is 0 Å².